The molecule has 5 aromatic rings. The fourth-order valence-corrected chi connectivity index (χ4v) is 11.3. The Kier molecular flexibility index (Phi) is 7.35. The lowest BCUT2D eigenvalue weighted by Gasteiger charge is -2.52. The average molecular weight is 668 g/mol. The van der Waals surface area contributed by atoms with E-state index < -0.39 is 0 Å². The van der Waals surface area contributed by atoms with Crippen LogP contribution in [0.5, 0.6) is 0 Å². The van der Waals surface area contributed by atoms with Crippen molar-refractivity contribution >= 4 is 17.1 Å². The van der Waals surface area contributed by atoms with Crippen LogP contribution in [-0.4, -0.2) is 0 Å². The van der Waals surface area contributed by atoms with Crippen molar-refractivity contribution in [3.63, 3.8) is 0 Å². The summed E-state index contributed by atoms with van der Waals surface area (Å²) >= 11 is 0. The van der Waals surface area contributed by atoms with E-state index in [0.29, 0.717) is 0 Å². The molecule has 5 aromatic carbocycles. The van der Waals surface area contributed by atoms with Gasteiger partial charge in [0.2, 0.25) is 0 Å². The van der Waals surface area contributed by atoms with Crippen LogP contribution in [0.4, 0.5) is 17.1 Å². The van der Waals surface area contributed by atoms with Crippen molar-refractivity contribution in [1.82, 2.24) is 0 Å². The number of rotatable bonds is 4. The van der Waals surface area contributed by atoms with E-state index in [1.165, 1.54) is 72.7 Å². The van der Waals surface area contributed by atoms with Crippen LogP contribution < -0.4 is 4.90 Å². The van der Waals surface area contributed by atoms with Crippen LogP contribution in [0.3, 0.4) is 0 Å². The molecule has 0 saturated heterocycles. The Hall–Kier alpha value is -4.62. The van der Waals surface area contributed by atoms with E-state index in [9.17, 15) is 0 Å². The number of benzene rings is 5. The minimum Gasteiger partial charge on any atom is -0.310 e. The molecule has 1 heteroatoms. The summed E-state index contributed by atoms with van der Waals surface area (Å²) in [4.78, 5) is 2.52. The first-order valence-electron chi connectivity index (χ1n) is 18.8. The van der Waals surface area contributed by atoms with E-state index >= 15 is 0 Å². The molecule has 1 nitrogen and oxygen atoms in total. The Bertz CT molecular complexity index is 2220. The van der Waals surface area contributed by atoms with Crippen molar-refractivity contribution in [3.8, 4) is 11.1 Å². The monoisotopic (exact) mass is 667 g/mol. The number of hydrogen-bond acceptors (Lipinski definition) is 1. The molecule has 8 rings (SSSR count). The van der Waals surface area contributed by atoms with Crippen molar-refractivity contribution in [3.05, 3.63) is 172 Å². The van der Waals surface area contributed by atoms with Crippen molar-refractivity contribution in [2.24, 2.45) is 16.2 Å². The molecule has 0 saturated carbocycles. The van der Waals surface area contributed by atoms with E-state index in [0.717, 1.165) is 6.42 Å². The maximum Gasteiger partial charge on any atom is 0.0512 e. The molecule has 1 heterocycles. The highest BCUT2D eigenvalue weighted by Crippen LogP contribution is 2.69. The third-order valence-electron chi connectivity index (χ3n) is 14.4. The SMILES string of the molecule is CC1=C(C)C2(CC1(C)C)c1ccccc1N(c1ccccc1)c1cc(-c3cccc(C4(c5ccccc5)C(C)(C)C(C)=C(C)C4(C)C)c3)ccc12. The zero-order valence-electron chi connectivity index (χ0n) is 32.3. The van der Waals surface area contributed by atoms with Crippen LogP contribution in [0, 0.1) is 16.2 Å². The fraction of sp³-hybridized carbons (Fsp3) is 0.320. The Morgan fingerprint density at radius 3 is 1.63 bits per heavy atom. The highest BCUT2D eigenvalue weighted by molar-refractivity contribution is 5.90. The van der Waals surface area contributed by atoms with Crippen LogP contribution in [0.2, 0.25) is 0 Å². The molecule has 0 radical (unpaired) electrons. The molecule has 0 bridgehead atoms. The summed E-state index contributed by atoms with van der Waals surface area (Å²) < 4.78 is 0. The minimum atomic E-state index is -0.242. The molecule has 1 unspecified atom stereocenters. The van der Waals surface area contributed by atoms with Crippen molar-refractivity contribution in [2.45, 2.75) is 86.5 Å². The Morgan fingerprint density at radius 2 is 1.00 bits per heavy atom. The lowest BCUT2D eigenvalue weighted by atomic mass is 9.50. The van der Waals surface area contributed by atoms with Crippen molar-refractivity contribution < 1.29 is 0 Å². The van der Waals surface area contributed by atoms with Crippen LogP contribution >= 0.6 is 0 Å². The van der Waals surface area contributed by atoms with Gasteiger partial charge in [0.05, 0.1) is 11.4 Å². The number of fused-ring (bicyclic) bond motifs is 4. The first-order chi connectivity index (χ1) is 24.2. The molecule has 1 aliphatic heterocycles. The number of allylic oxidation sites excluding steroid dienone is 4. The second-order valence-electron chi connectivity index (χ2n) is 17.3. The van der Waals surface area contributed by atoms with E-state index in [4.69, 9.17) is 0 Å². The van der Waals surface area contributed by atoms with Gasteiger partial charge in [-0.3, -0.25) is 0 Å². The van der Waals surface area contributed by atoms with E-state index in [-0.39, 0.29) is 27.1 Å². The van der Waals surface area contributed by atoms with Gasteiger partial charge < -0.3 is 4.90 Å². The van der Waals surface area contributed by atoms with E-state index in [1.54, 1.807) is 0 Å². The summed E-state index contributed by atoms with van der Waals surface area (Å²) in [5, 5.41) is 0. The summed E-state index contributed by atoms with van der Waals surface area (Å²) in [5.74, 6) is 0. The normalized spacial score (nSPS) is 22.4. The number of hydrogen-bond donors (Lipinski definition) is 0. The standard InChI is InChI=1S/C50H53N/c1-33-36(4)49(32-46(33,5)6)42-26-17-18-27-44(42)51(41-24-15-12-16-25-41)45-31-38(28-29-43(45)49)37-20-19-23-40(30-37)50(39-21-13-11-14-22-39)47(7,8)34(2)35(3)48(50,9)10/h11-31H,32H2,1-10H3. The smallest absolute Gasteiger partial charge is 0.0512 e. The van der Waals surface area contributed by atoms with Crippen molar-refractivity contribution in [1.29, 1.82) is 0 Å². The highest BCUT2D eigenvalue weighted by Gasteiger charge is 2.63. The summed E-state index contributed by atoms with van der Waals surface area (Å²) in [6.45, 7) is 24.2. The molecule has 0 aromatic heterocycles. The highest BCUT2D eigenvalue weighted by atomic mass is 15.2. The molecule has 1 atom stereocenters. The number of para-hydroxylation sites is 2. The second-order valence-corrected chi connectivity index (χ2v) is 17.3. The third-order valence-corrected chi connectivity index (χ3v) is 14.4. The van der Waals surface area contributed by atoms with Crippen LogP contribution in [0.15, 0.2) is 150 Å². The molecule has 1 spiro atoms. The number of anilines is 3. The van der Waals surface area contributed by atoms with Crippen LogP contribution in [0.25, 0.3) is 11.1 Å². The minimum absolute atomic E-state index is 0.0897. The van der Waals surface area contributed by atoms with Crippen LogP contribution in [0.1, 0.15) is 97.9 Å². The van der Waals surface area contributed by atoms with Gasteiger partial charge in [-0.1, -0.05) is 167 Å². The molecular weight excluding hydrogens is 615 g/mol. The Balaban J connectivity index is 1.38. The quantitative estimate of drug-likeness (QED) is 0.172. The molecular formula is C50H53N. The van der Waals surface area contributed by atoms with Gasteiger partial charge in [0.25, 0.3) is 0 Å². The predicted octanol–water partition coefficient (Wildman–Crippen LogP) is 13.9. The lowest BCUT2D eigenvalue weighted by Crippen LogP contribution is -2.49. The van der Waals surface area contributed by atoms with Gasteiger partial charge in [-0.25, -0.2) is 0 Å². The Labute approximate surface area is 306 Å². The lowest BCUT2D eigenvalue weighted by molar-refractivity contribution is 0.155. The van der Waals surface area contributed by atoms with Crippen LogP contribution in [-0.2, 0) is 10.8 Å². The molecule has 0 N–H and O–H groups in total. The van der Waals surface area contributed by atoms with Gasteiger partial charge in [-0.05, 0) is 97.2 Å². The van der Waals surface area contributed by atoms with E-state index in [2.05, 4.69) is 202 Å². The first-order valence-corrected chi connectivity index (χ1v) is 18.8. The van der Waals surface area contributed by atoms with Gasteiger partial charge in [-0.2, -0.15) is 0 Å². The second kappa shape index (κ2) is 11.2. The van der Waals surface area contributed by atoms with E-state index in [1.807, 2.05) is 0 Å². The number of nitrogens with zero attached hydrogens (tertiary/aromatic N) is 1. The molecule has 0 amide bonds. The van der Waals surface area contributed by atoms with Gasteiger partial charge in [0.15, 0.2) is 0 Å². The van der Waals surface area contributed by atoms with Crippen molar-refractivity contribution in [2.75, 3.05) is 4.90 Å². The average Bonchev–Trinajstić information content (AvgIpc) is 3.38. The van der Waals surface area contributed by atoms with Gasteiger partial charge >= 0.3 is 0 Å². The molecule has 51 heavy (non-hydrogen) atoms. The maximum absolute atomic E-state index is 2.52. The molecule has 258 valence electrons. The third kappa shape index (κ3) is 4.27. The van der Waals surface area contributed by atoms with Gasteiger partial charge in [-0.15, -0.1) is 0 Å². The zero-order valence-corrected chi connectivity index (χ0v) is 32.3. The molecule has 2 aliphatic carbocycles. The molecule has 0 fully saturated rings. The predicted molar refractivity (Wildman–Crippen MR) is 217 cm³/mol. The summed E-state index contributed by atoms with van der Waals surface area (Å²) in [5.41, 5.74) is 17.3. The topological polar surface area (TPSA) is 3.24 Å². The summed E-state index contributed by atoms with van der Waals surface area (Å²) in [7, 11) is 0. The maximum atomic E-state index is 2.52. The first kappa shape index (κ1) is 33.5. The summed E-state index contributed by atoms with van der Waals surface area (Å²) in [6, 6.07) is 48.3. The molecule has 3 aliphatic rings. The van der Waals surface area contributed by atoms with Gasteiger partial charge in [0, 0.05) is 27.3 Å². The largest absolute Gasteiger partial charge is 0.310 e. The fourth-order valence-electron chi connectivity index (χ4n) is 11.3. The zero-order chi connectivity index (χ0) is 36.1. The van der Waals surface area contributed by atoms with Gasteiger partial charge in [0.1, 0.15) is 0 Å². The Morgan fingerprint density at radius 1 is 0.451 bits per heavy atom. The summed E-state index contributed by atoms with van der Waals surface area (Å²) in [6.07, 6.45) is 1.06.